The quantitative estimate of drug-likeness (QED) is 0.761. The van der Waals surface area contributed by atoms with E-state index in [9.17, 15) is 8.42 Å². The molecule has 0 fully saturated rings. The zero-order valence-corrected chi connectivity index (χ0v) is 10.2. The van der Waals surface area contributed by atoms with E-state index < -0.39 is 10.1 Å². The molecule has 1 aromatic rings. The van der Waals surface area contributed by atoms with Gasteiger partial charge in [-0.2, -0.15) is 13.7 Å². The summed E-state index contributed by atoms with van der Waals surface area (Å²) in [6.45, 7) is 5.78. The molecule has 0 amide bonds. The fourth-order valence-electron chi connectivity index (χ4n) is 1.43. The lowest BCUT2D eigenvalue weighted by molar-refractivity contribution is 0.483. The second-order valence-corrected chi connectivity index (χ2v) is 5.97. The van der Waals surface area contributed by atoms with Crippen LogP contribution in [0.5, 0.6) is 0 Å². The second-order valence-electron chi connectivity index (χ2n) is 4.54. The Morgan fingerprint density at radius 2 is 1.88 bits per heavy atom. The van der Waals surface area contributed by atoms with E-state index >= 15 is 0 Å². The summed E-state index contributed by atoms with van der Waals surface area (Å²) < 4.78 is 30.7. The zero-order chi connectivity index (χ0) is 12.6. The smallest absolute Gasteiger partial charge is 0.282 e. The van der Waals surface area contributed by atoms with Gasteiger partial charge in [-0.15, -0.1) is 0 Å². The lowest BCUT2D eigenvalue weighted by Gasteiger charge is -2.20. The Balaban J connectivity index is 3.48. The van der Waals surface area contributed by atoms with Gasteiger partial charge in [0.25, 0.3) is 10.1 Å². The summed E-state index contributed by atoms with van der Waals surface area (Å²) in [7, 11) is -4.25. The molecule has 0 heterocycles. The normalized spacial score (nSPS) is 12.2. The molecule has 4 nitrogen and oxygen atoms in total. The van der Waals surface area contributed by atoms with E-state index in [4.69, 9.17) is 9.81 Å². The Bertz CT molecular complexity index is 548. The van der Waals surface area contributed by atoms with Crippen LogP contribution in [0.4, 0.5) is 0 Å². The van der Waals surface area contributed by atoms with E-state index in [0.717, 1.165) is 5.56 Å². The zero-order valence-electron chi connectivity index (χ0n) is 9.35. The lowest BCUT2D eigenvalue weighted by Crippen LogP contribution is -2.14. The van der Waals surface area contributed by atoms with Gasteiger partial charge >= 0.3 is 0 Å². The Kier molecular flexibility index (Phi) is 3.08. The minimum absolute atomic E-state index is 0.247. The molecule has 0 unspecified atom stereocenters. The fraction of sp³-hybridized carbons (Fsp3) is 0.364. The van der Waals surface area contributed by atoms with Crippen LogP contribution in [0, 0.1) is 11.3 Å². The third-order valence-corrected chi connectivity index (χ3v) is 3.07. The van der Waals surface area contributed by atoms with Gasteiger partial charge in [0.15, 0.2) is 0 Å². The van der Waals surface area contributed by atoms with Crippen molar-refractivity contribution < 1.29 is 13.0 Å². The van der Waals surface area contributed by atoms with Gasteiger partial charge < -0.3 is 0 Å². The first-order valence-electron chi connectivity index (χ1n) is 4.68. The summed E-state index contributed by atoms with van der Waals surface area (Å²) in [5.74, 6) is 0. The van der Waals surface area contributed by atoms with Gasteiger partial charge in [-0.25, -0.2) is 0 Å². The molecule has 0 saturated carbocycles. The van der Waals surface area contributed by atoms with Gasteiger partial charge in [-0.3, -0.25) is 4.55 Å². The maximum absolute atomic E-state index is 10.9. The van der Waals surface area contributed by atoms with E-state index in [1.165, 1.54) is 12.1 Å². The van der Waals surface area contributed by atoms with Gasteiger partial charge in [0.1, 0.15) is 0 Å². The van der Waals surface area contributed by atoms with E-state index in [2.05, 4.69) is 0 Å². The fourth-order valence-corrected chi connectivity index (χ4v) is 1.94. The summed E-state index contributed by atoms with van der Waals surface area (Å²) in [5.41, 5.74) is 0.771. The number of hydrogen-bond donors (Lipinski definition) is 1. The molecule has 0 aliphatic carbocycles. The maximum atomic E-state index is 10.9. The van der Waals surface area contributed by atoms with Crippen LogP contribution < -0.4 is 0 Å². The van der Waals surface area contributed by atoms with Crippen LogP contribution in [-0.2, 0) is 15.5 Å². The number of benzene rings is 1. The average Bonchev–Trinajstić information content (AvgIpc) is 2.14. The van der Waals surface area contributed by atoms with Gasteiger partial charge in [0.05, 0.1) is 16.5 Å². The Morgan fingerprint density at radius 3 is 2.25 bits per heavy atom. The van der Waals surface area contributed by atoms with E-state index in [0.29, 0.717) is 0 Å². The van der Waals surface area contributed by atoms with Crippen LogP contribution in [0.25, 0.3) is 0 Å². The summed E-state index contributed by atoms with van der Waals surface area (Å²) in [6.07, 6.45) is 0. The number of hydrogen-bond acceptors (Lipinski definition) is 3. The highest BCUT2D eigenvalue weighted by Crippen LogP contribution is 2.27. The van der Waals surface area contributed by atoms with Crippen molar-refractivity contribution >= 4 is 10.1 Å². The summed E-state index contributed by atoms with van der Waals surface area (Å²) in [6, 6.07) is 5.99. The second kappa shape index (κ2) is 3.89. The van der Waals surface area contributed by atoms with Crippen LogP contribution in [0.15, 0.2) is 23.1 Å². The van der Waals surface area contributed by atoms with Gasteiger partial charge in [-0.05, 0) is 23.1 Å². The van der Waals surface area contributed by atoms with Crippen molar-refractivity contribution in [3.8, 4) is 6.07 Å². The van der Waals surface area contributed by atoms with Gasteiger partial charge in [-0.1, -0.05) is 26.8 Å². The Hall–Kier alpha value is -1.38. The largest absolute Gasteiger partial charge is 0.294 e. The monoisotopic (exact) mass is 239 g/mol. The van der Waals surface area contributed by atoms with Crippen LogP contribution >= 0.6 is 0 Å². The van der Waals surface area contributed by atoms with Gasteiger partial charge in [0, 0.05) is 0 Å². The van der Waals surface area contributed by atoms with E-state index in [-0.39, 0.29) is 15.9 Å². The number of rotatable bonds is 1. The van der Waals surface area contributed by atoms with Crippen LogP contribution in [0.1, 0.15) is 31.9 Å². The third-order valence-electron chi connectivity index (χ3n) is 2.22. The molecule has 1 rings (SSSR count). The number of nitriles is 1. The van der Waals surface area contributed by atoms with Gasteiger partial charge in [0.2, 0.25) is 0 Å². The summed E-state index contributed by atoms with van der Waals surface area (Å²) in [5, 5.41) is 8.95. The molecule has 86 valence electrons. The van der Waals surface area contributed by atoms with Crippen molar-refractivity contribution in [3.05, 3.63) is 29.3 Å². The third kappa shape index (κ3) is 2.60. The van der Waals surface area contributed by atoms with Crippen LogP contribution in [0.3, 0.4) is 0 Å². The molecule has 1 N–H and O–H groups in total. The predicted molar refractivity (Wildman–Crippen MR) is 59.7 cm³/mol. The first-order chi connectivity index (χ1) is 7.16. The molecule has 5 heteroatoms. The van der Waals surface area contributed by atoms with E-state index in [1.807, 2.05) is 26.8 Å². The van der Waals surface area contributed by atoms with Crippen molar-refractivity contribution in [1.82, 2.24) is 0 Å². The topological polar surface area (TPSA) is 78.2 Å². The van der Waals surface area contributed by atoms with Crippen molar-refractivity contribution in [2.24, 2.45) is 0 Å². The molecule has 0 spiro atoms. The van der Waals surface area contributed by atoms with Crippen LogP contribution in [0.2, 0.25) is 0 Å². The minimum Gasteiger partial charge on any atom is -0.282 e. The van der Waals surface area contributed by atoms with Crippen molar-refractivity contribution in [3.63, 3.8) is 0 Å². The molecule has 1 aromatic carbocycles. The SMILES string of the molecule is CC(C)(C)c1ccc(S(=O)(=O)O)cc1C#N. The molecule has 0 saturated heterocycles. The Labute approximate surface area is 95.3 Å². The van der Waals surface area contributed by atoms with Crippen LogP contribution in [-0.4, -0.2) is 13.0 Å². The summed E-state index contributed by atoms with van der Waals surface area (Å²) >= 11 is 0. The average molecular weight is 239 g/mol. The van der Waals surface area contributed by atoms with Crippen molar-refractivity contribution in [2.45, 2.75) is 31.1 Å². The summed E-state index contributed by atoms with van der Waals surface area (Å²) in [4.78, 5) is -0.253. The standard InChI is InChI=1S/C11H13NO3S/c1-11(2,3)10-5-4-9(16(13,14)15)6-8(10)7-12/h4-6H,1-3H3,(H,13,14,15). The molecule has 0 atom stereocenters. The highest BCUT2D eigenvalue weighted by Gasteiger charge is 2.20. The maximum Gasteiger partial charge on any atom is 0.294 e. The number of nitrogens with zero attached hydrogens (tertiary/aromatic N) is 1. The molecule has 0 bridgehead atoms. The van der Waals surface area contributed by atoms with Crippen molar-refractivity contribution in [2.75, 3.05) is 0 Å². The Morgan fingerprint density at radius 1 is 1.31 bits per heavy atom. The highest BCUT2D eigenvalue weighted by molar-refractivity contribution is 7.85. The molecule has 0 aliphatic heterocycles. The highest BCUT2D eigenvalue weighted by atomic mass is 32.2. The van der Waals surface area contributed by atoms with E-state index in [1.54, 1.807) is 6.07 Å². The molecule has 0 radical (unpaired) electrons. The molecular weight excluding hydrogens is 226 g/mol. The molecule has 0 aliphatic rings. The first kappa shape index (κ1) is 12.7. The molecule has 0 aromatic heterocycles. The molecular formula is C11H13NO3S. The predicted octanol–water partition coefficient (Wildman–Crippen LogP) is 2.10. The van der Waals surface area contributed by atoms with Crippen molar-refractivity contribution in [1.29, 1.82) is 5.26 Å². The lowest BCUT2D eigenvalue weighted by atomic mass is 9.84. The first-order valence-corrected chi connectivity index (χ1v) is 6.12. The molecule has 16 heavy (non-hydrogen) atoms. The minimum atomic E-state index is -4.25.